The van der Waals surface area contributed by atoms with Gasteiger partial charge in [0.05, 0.1) is 23.9 Å². The van der Waals surface area contributed by atoms with Crippen LogP contribution in [0, 0.1) is 0 Å². The monoisotopic (exact) mass is 243 g/mol. The summed E-state index contributed by atoms with van der Waals surface area (Å²) in [6, 6.07) is 0. The zero-order valence-corrected chi connectivity index (χ0v) is 11.0. The lowest BCUT2D eigenvalue weighted by Crippen LogP contribution is -2.47. The third-order valence-corrected chi connectivity index (χ3v) is 3.91. The first-order valence-corrected chi connectivity index (χ1v) is 6.65. The molecule has 0 saturated carbocycles. The largest absolute Gasteiger partial charge is 0.381 e. The summed E-state index contributed by atoms with van der Waals surface area (Å²) < 4.78 is 17.4. The second-order valence-corrected chi connectivity index (χ2v) is 5.85. The first-order valence-electron chi connectivity index (χ1n) is 6.65. The van der Waals surface area contributed by atoms with Crippen molar-refractivity contribution in [3.8, 4) is 0 Å². The van der Waals surface area contributed by atoms with E-state index in [1.54, 1.807) is 0 Å². The van der Waals surface area contributed by atoms with Crippen LogP contribution in [0.2, 0.25) is 0 Å². The molecule has 2 heterocycles. The highest BCUT2D eigenvalue weighted by Gasteiger charge is 2.36. The maximum absolute atomic E-state index is 6.07. The van der Waals surface area contributed by atoms with E-state index in [0.717, 1.165) is 38.9 Å². The fourth-order valence-electron chi connectivity index (χ4n) is 2.62. The molecule has 0 bridgehead atoms. The summed E-state index contributed by atoms with van der Waals surface area (Å²) in [7, 11) is 0. The van der Waals surface area contributed by atoms with Gasteiger partial charge >= 0.3 is 0 Å². The Morgan fingerprint density at radius 1 is 1.24 bits per heavy atom. The average Bonchev–Trinajstić information content (AvgIpc) is 2.68. The third kappa shape index (κ3) is 3.41. The van der Waals surface area contributed by atoms with Gasteiger partial charge in [0.15, 0.2) is 0 Å². The minimum absolute atomic E-state index is 0.0135. The van der Waals surface area contributed by atoms with Crippen LogP contribution in [0.3, 0.4) is 0 Å². The molecule has 17 heavy (non-hydrogen) atoms. The van der Waals surface area contributed by atoms with Crippen molar-refractivity contribution in [1.29, 1.82) is 0 Å². The molecule has 0 aliphatic carbocycles. The van der Waals surface area contributed by atoms with Crippen molar-refractivity contribution < 1.29 is 14.2 Å². The molecule has 0 aromatic heterocycles. The van der Waals surface area contributed by atoms with Crippen LogP contribution in [0.15, 0.2) is 0 Å². The highest BCUT2D eigenvalue weighted by atomic mass is 16.6. The Bertz CT molecular complexity index is 249. The third-order valence-electron chi connectivity index (χ3n) is 3.91. The Balaban J connectivity index is 1.80. The van der Waals surface area contributed by atoms with Gasteiger partial charge in [-0.3, -0.25) is 0 Å². The standard InChI is InChI=1S/C13H25NO3/c1-12(2)4-3-11(17-12)9-16-13(10-14)5-7-15-8-6-13/h11H,3-10,14H2,1-2H3. The van der Waals surface area contributed by atoms with Crippen LogP contribution in [0.4, 0.5) is 0 Å². The minimum Gasteiger partial charge on any atom is -0.381 e. The van der Waals surface area contributed by atoms with Crippen molar-refractivity contribution >= 4 is 0 Å². The van der Waals surface area contributed by atoms with E-state index in [1.165, 1.54) is 0 Å². The van der Waals surface area contributed by atoms with E-state index in [2.05, 4.69) is 13.8 Å². The van der Waals surface area contributed by atoms with E-state index in [0.29, 0.717) is 13.2 Å². The summed E-state index contributed by atoms with van der Waals surface area (Å²) in [6.45, 7) is 7.04. The topological polar surface area (TPSA) is 53.7 Å². The van der Waals surface area contributed by atoms with Crippen LogP contribution in [0.1, 0.15) is 39.5 Å². The van der Waals surface area contributed by atoms with E-state index in [1.807, 2.05) is 0 Å². The van der Waals surface area contributed by atoms with Gasteiger partial charge in [-0.25, -0.2) is 0 Å². The smallest absolute Gasteiger partial charge is 0.0849 e. The van der Waals surface area contributed by atoms with E-state index >= 15 is 0 Å². The Labute approximate surface area is 104 Å². The quantitative estimate of drug-likeness (QED) is 0.812. The van der Waals surface area contributed by atoms with Crippen molar-refractivity contribution in [2.45, 2.75) is 56.8 Å². The predicted octanol–water partition coefficient (Wildman–Crippen LogP) is 1.47. The van der Waals surface area contributed by atoms with Crippen molar-refractivity contribution in [3.63, 3.8) is 0 Å². The highest BCUT2D eigenvalue weighted by Crippen LogP contribution is 2.31. The van der Waals surface area contributed by atoms with Crippen LogP contribution in [-0.4, -0.2) is 43.7 Å². The zero-order valence-electron chi connectivity index (χ0n) is 11.0. The van der Waals surface area contributed by atoms with Crippen LogP contribution >= 0.6 is 0 Å². The highest BCUT2D eigenvalue weighted by molar-refractivity contribution is 4.86. The van der Waals surface area contributed by atoms with Crippen LogP contribution in [-0.2, 0) is 14.2 Å². The van der Waals surface area contributed by atoms with Gasteiger partial charge in [0, 0.05) is 32.6 Å². The van der Waals surface area contributed by atoms with E-state index < -0.39 is 0 Å². The molecular formula is C13H25NO3. The lowest BCUT2D eigenvalue weighted by atomic mass is 9.94. The van der Waals surface area contributed by atoms with Crippen LogP contribution < -0.4 is 5.73 Å². The molecule has 1 unspecified atom stereocenters. The Hall–Kier alpha value is -0.160. The van der Waals surface area contributed by atoms with Gasteiger partial charge < -0.3 is 19.9 Å². The van der Waals surface area contributed by atoms with Crippen LogP contribution in [0.25, 0.3) is 0 Å². The fraction of sp³-hybridized carbons (Fsp3) is 1.00. The molecule has 2 saturated heterocycles. The number of rotatable bonds is 4. The Morgan fingerprint density at radius 2 is 1.94 bits per heavy atom. The molecule has 1 atom stereocenters. The molecule has 4 heteroatoms. The lowest BCUT2D eigenvalue weighted by Gasteiger charge is -2.37. The molecular weight excluding hydrogens is 218 g/mol. The van der Waals surface area contributed by atoms with Gasteiger partial charge in [-0.05, 0) is 26.7 Å². The molecule has 0 aromatic carbocycles. The molecule has 0 radical (unpaired) electrons. The zero-order chi connectivity index (χ0) is 12.4. The second-order valence-electron chi connectivity index (χ2n) is 5.85. The Kier molecular flexibility index (Phi) is 4.08. The molecule has 4 nitrogen and oxygen atoms in total. The van der Waals surface area contributed by atoms with Crippen molar-refractivity contribution in [1.82, 2.24) is 0 Å². The second kappa shape index (κ2) is 5.22. The van der Waals surface area contributed by atoms with E-state index in [-0.39, 0.29) is 17.3 Å². The maximum Gasteiger partial charge on any atom is 0.0849 e. The maximum atomic E-state index is 6.07. The van der Waals surface area contributed by atoms with Gasteiger partial charge in [-0.15, -0.1) is 0 Å². The summed E-state index contributed by atoms with van der Waals surface area (Å²) in [5.41, 5.74) is 5.70. The molecule has 0 aromatic rings. The summed E-state index contributed by atoms with van der Waals surface area (Å²) in [4.78, 5) is 0. The summed E-state index contributed by atoms with van der Waals surface area (Å²) in [6.07, 6.45) is 4.24. The van der Waals surface area contributed by atoms with Gasteiger partial charge in [0.1, 0.15) is 0 Å². The number of nitrogens with two attached hydrogens (primary N) is 1. The van der Waals surface area contributed by atoms with Gasteiger partial charge in [0.2, 0.25) is 0 Å². The van der Waals surface area contributed by atoms with Crippen molar-refractivity contribution in [2.75, 3.05) is 26.4 Å². The summed E-state index contributed by atoms with van der Waals surface area (Å²) in [5, 5.41) is 0. The minimum atomic E-state index is -0.172. The predicted molar refractivity (Wildman–Crippen MR) is 66.0 cm³/mol. The molecule has 100 valence electrons. The van der Waals surface area contributed by atoms with Gasteiger partial charge in [-0.2, -0.15) is 0 Å². The molecule has 0 amide bonds. The molecule has 2 N–H and O–H groups in total. The SMILES string of the molecule is CC1(C)CCC(COC2(CN)CCOCC2)O1. The van der Waals surface area contributed by atoms with Crippen molar-refractivity contribution in [3.05, 3.63) is 0 Å². The molecule has 2 rings (SSSR count). The number of hydrogen-bond donors (Lipinski definition) is 1. The molecule has 2 fully saturated rings. The first kappa shape index (κ1) is 13.3. The van der Waals surface area contributed by atoms with Crippen molar-refractivity contribution in [2.24, 2.45) is 5.73 Å². The molecule has 2 aliphatic rings. The normalized spacial score (nSPS) is 31.6. The van der Waals surface area contributed by atoms with E-state index in [4.69, 9.17) is 19.9 Å². The van der Waals surface area contributed by atoms with E-state index in [9.17, 15) is 0 Å². The molecule has 2 aliphatic heterocycles. The van der Waals surface area contributed by atoms with Gasteiger partial charge in [-0.1, -0.05) is 0 Å². The summed E-state index contributed by atoms with van der Waals surface area (Å²) >= 11 is 0. The average molecular weight is 243 g/mol. The summed E-state index contributed by atoms with van der Waals surface area (Å²) in [5.74, 6) is 0. The number of ether oxygens (including phenoxy) is 3. The number of hydrogen-bond acceptors (Lipinski definition) is 4. The lowest BCUT2D eigenvalue weighted by molar-refractivity contribution is -0.138. The Morgan fingerprint density at radius 3 is 2.47 bits per heavy atom. The molecule has 0 spiro atoms. The van der Waals surface area contributed by atoms with Gasteiger partial charge in [0.25, 0.3) is 0 Å². The first-order chi connectivity index (χ1) is 8.05. The van der Waals surface area contributed by atoms with Crippen LogP contribution in [0.5, 0.6) is 0 Å². The fourth-order valence-corrected chi connectivity index (χ4v) is 2.62.